The average Bonchev–Trinajstić information content (AvgIpc) is 3.15. The minimum Gasteiger partial charge on any atom is -0.457 e. The number of aromatic nitrogens is 4. The van der Waals surface area contributed by atoms with Gasteiger partial charge in [-0.2, -0.15) is 15.0 Å². The molecule has 0 amide bonds. The van der Waals surface area contributed by atoms with E-state index in [9.17, 15) is 4.79 Å². The van der Waals surface area contributed by atoms with Crippen molar-refractivity contribution in [3.63, 3.8) is 0 Å². The molecule has 0 radical (unpaired) electrons. The molecular formula is C22H22N6O2. The van der Waals surface area contributed by atoms with Crippen molar-refractivity contribution in [1.82, 2.24) is 19.9 Å². The molecule has 30 heavy (non-hydrogen) atoms. The normalized spacial score (nSPS) is 10.8. The number of fused-ring (bicyclic) bond motifs is 1. The summed E-state index contributed by atoms with van der Waals surface area (Å²) in [5, 5.41) is 4.19. The van der Waals surface area contributed by atoms with Crippen LogP contribution in [0.2, 0.25) is 0 Å². The first-order valence-corrected chi connectivity index (χ1v) is 9.61. The van der Waals surface area contributed by atoms with E-state index in [1.165, 1.54) is 0 Å². The van der Waals surface area contributed by atoms with Gasteiger partial charge in [0.25, 0.3) is 0 Å². The quantitative estimate of drug-likeness (QED) is 0.404. The average molecular weight is 402 g/mol. The summed E-state index contributed by atoms with van der Waals surface area (Å²) in [7, 11) is 0. The maximum atomic E-state index is 12.2. The van der Waals surface area contributed by atoms with E-state index in [-0.39, 0.29) is 30.8 Å². The summed E-state index contributed by atoms with van der Waals surface area (Å²) in [5.41, 5.74) is 9.88. The van der Waals surface area contributed by atoms with Crippen molar-refractivity contribution in [2.75, 3.05) is 11.1 Å². The molecule has 8 heteroatoms. The Morgan fingerprint density at radius 3 is 2.73 bits per heavy atom. The number of nitrogens with one attached hydrogen (secondary N) is 2. The number of hydrogen-bond donors (Lipinski definition) is 3. The third-order valence-corrected chi connectivity index (χ3v) is 4.64. The zero-order valence-corrected chi connectivity index (χ0v) is 16.6. The molecule has 2 heterocycles. The predicted octanol–water partition coefficient (Wildman–Crippen LogP) is 3.66. The van der Waals surface area contributed by atoms with E-state index in [0.29, 0.717) is 12.4 Å². The molecule has 0 fully saturated rings. The first-order valence-electron chi connectivity index (χ1n) is 9.61. The van der Waals surface area contributed by atoms with Gasteiger partial charge in [0.05, 0.1) is 0 Å². The second-order valence-electron chi connectivity index (χ2n) is 6.94. The molecule has 8 nitrogen and oxygen atoms in total. The van der Waals surface area contributed by atoms with Gasteiger partial charge in [-0.15, -0.1) is 0 Å². The van der Waals surface area contributed by atoms with Gasteiger partial charge in [0.15, 0.2) is 12.4 Å². The van der Waals surface area contributed by atoms with Crippen LogP contribution in [0.25, 0.3) is 10.9 Å². The van der Waals surface area contributed by atoms with Crippen molar-refractivity contribution in [3.05, 3.63) is 71.7 Å². The molecule has 0 unspecified atom stereocenters. The van der Waals surface area contributed by atoms with Crippen LogP contribution in [0.3, 0.4) is 0 Å². The molecular weight excluding hydrogens is 380 g/mol. The van der Waals surface area contributed by atoms with E-state index in [0.717, 1.165) is 27.7 Å². The highest BCUT2D eigenvalue weighted by atomic mass is 16.5. The van der Waals surface area contributed by atoms with Crippen molar-refractivity contribution < 1.29 is 9.53 Å². The number of esters is 1. The Balaban J connectivity index is 1.34. The van der Waals surface area contributed by atoms with Crippen molar-refractivity contribution in [3.8, 4) is 0 Å². The molecule has 0 spiro atoms. The van der Waals surface area contributed by atoms with Gasteiger partial charge in [-0.1, -0.05) is 35.9 Å². The highest BCUT2D eigenvalue weighted by Crippen LogP contribution is 2.19. The van der Waals surface area contributed by atoms with Gasteiger partial charge >= 0.3 is 5.97 Å². The summed E-state index contributed by atoms with van der Waals surface area (Å²) in [5.74, 6) is 0.325. The smallest absolute Gasteiger partial charge is 0.306 e. The van der Waals surface area contributed by atoms with Crippen LogP contribution in [0.4, 0.5) is 17.6 Å². The van der Waals surface area contributed by atoms with Gasteiger partial charge in [0.2, 0.25) is 11.9 Å². The van der Waals surface area contributed by atoms with Crippen LogP contribution >= 0.6 is 0 Å². The van der Waals surface area contributed by atoms with Crippen LogP contribution in [0.15, 0.2) is 54.7 Å². The molecule has 0 aliphatic rings. The fourth-order valence-corrected chi connectivity index (χ4v) is 3.12. The first kappa shape index (κ1) is 19.4. The lowest BCUT2D eigenvalue weighted by Crippen LogP contribution is -2.11. The van der Waals surface area contributed by atoms with Crippen molar-refractivity contribution in [1.29, 1.82) is 0 Å². The third kappa shape index (κ3) is 4.72. The molecule has 0 aliphatic heterocycles. The highest BCUT2D eigenvalue weighted by Gasteiger charge is 2.11. The molecule has 152 valence electrons. The number of H-pyrrole nitrogens is 1. The molecule has 0 saturated carbocycles. The van der Waals surface area contributed by atoms with Crippen LogP contribution in [-0.2, 0) is 22.6 Å². The molecule has 4 aromatic rings. The fourth-order valence-electron chi connectivity index (χ4n) is 3.12. The van der Waals surface area contributed by atoms with Gasteiger partial charge in [-0.3, -0.25) is 4.79 Å². The van der Waals surface area contributed by atoms with Crippen LogP contribution in [0.5, 0.6) is 0 Å². The van der Waals surface area contributed by atoms with Crippen molar-refractivity contribution in [2.24, 2.45) is 0 Å². The zero-order chi connectivity index (χ0) is 20.9. The van der Waals surface area contributed by atoms with Crippen molar-refractivity contribution >= 4 is 34.5 Å². The molecule has 0 aliphatic carbocycles. The zero-order valence-electron chi connectivity index (χ0n) is 16.6. The van der Waals surface area contributed by atoms with Gasteiger partial charge < -0.3 is 20.8 Å². The number of carbonyl (C=O) groups excluding carboxylic acids is 1. The number of ether oxygens (including phenoxy) is 1. The lowest BCUT2D eigenvalue weighted by atomic mass is 10.1. The van der Waals surface area contributed by atoms with Crippen LogP contribution in [-0.4, -0.2) is 25.9 Å². The Morgan fingerprint density at radius 1 is 1.10 bits per heavy atom. The third-order valence-electron chi connectivity index (χ3n) is 4.64. The second-order valence-corrected chi connectivity index (χ2v) is 6.94. The summed E-state index contributed by atoms with van der Waals surface area (Å²) in [6, 6.07) is 15.8. The lowest BCUT2D eigenvalue weighted by molar-refractivity contribution is -0.145. The number of para-hydroxylation sites is 1. The van der Waals surface area contributed by atoms with Gasteiger partial charge in [-0.25, -0.2) is 0 Å². The number of aromatic amines is 1. The molecule has 4 rings (SSSR count). The van der Waals surface area contributed by atoms with Crippen molar-refractivity contribution in [2.45, 2.75) is 26.4 Å². The van der Waals surface area contributed by atoms with E-state index < -0.39 is 0 Å². The standard InChI is InChI=1S/C22H22N6O2/c1-14-6-9-16(10-7-14)25-22-27-19(26-21(23)28-22)13-30-20(29)11-8-15-12-24-18-5-3-2-4-17(15)18/h2-7,9-10,12,24H,8,11,13H2,1H3,(H3,23,25,26,27,28). The highest BCUT2D eigenvalue weighted by molar-refractivity contribution is 5.83. The number of anilines is 3. The minimum absolute atomic E-state index is 0.0597. The van der Waals surface area contributed by atoms with Crippen LogP contribution < -0.4 is 11.1 Å². The summed E-state index contributed by atoms with van der Waals surface area (Å²) >= 11 is 0. The largest absolute Gasteiger partial charge is 0.457 e. The molecule has 0 atom stereocenters. The fraction of sp³-hybridized carbons (Fsp3) is 0.182. The van der Waals surface area contributed by atoms with E-state index >= 15 is 0 Å². The van der Waals surface area contributed by atoms with E-state index in [2.05, 4.69) is 25.3 Å². The maximum absolute atomic E-state index is 12.2. The first-order chi connectivity index (χ1) is 14.6. The SMILES string of the molecule is Cc1ccc(Nc2nc(N)nc(COC(=O)CCc3c[nH]c4ccccc34)n2)cc1. The number of hydrogen-bond acceptors (Lipinski definition) is 7. The summed E-state index contributed by atoms with van der Waals surface area (Å²) < 4.78 is 5.33. The van der Waals surface area contributed by atoms with E-state index in [1.807, 2.05) is 61.7 Å². The Bertz CT molecular complexity index is 1170. The minimum atomic E-state index is -0.327. The Labute approximate surface area is 173 Å². The predicted molar refractivity (Wildman–Crippen MR) is 115 cm³/mol. The number of nitrogen functional groups attached to an aromatic ring is 1. The number of rotatable bonds is 7. The number of aryl methyl sites for hydroxylation is 2. The van der Waals surface area contributed by atoms with Gasteiger partial charge in [0, 0.05) is 29.2 Å². The van der Waals surface area contributed by atoms with Crippen LogP contribution in [0, 0.1) is 6.92 Å². The number of benzene rings is 2. The Morgan fingerprint density at radius 2 is 1.90 bits per heavy atom. The van der Waals surface area contributed by atoms with E-state index in [1.54, 1.807) is 0 Å². The Hall–Kier alpha value is -3.94. The lowest BCUT2D eigenvalue weighted by Gasteiger charge is -2.08. The number of nitrogens with two attached hydrogens (primary N) is 1. The molecule has 2 aromatic carbocycles. The van der Waals surface area contributed by atoms with E-state index in [4.69, 9.17) is 10.5 Å². The number of carbonyl (C=O) groups is 1. The topological polar surface area (TPSA) is 119 Å². The molecule has 0 bridgehead atoms. The van der Waals surface area contributed by atoms with Gasteiger partial charge in [-0.05, 0) is 37.1 Å². The van der Waals surface area contributed by atoms with Gasteiger partial charge in [0.1, 0.15) is 0 Å². The monoisotopic (exact) mass is 402 g/mol. The molecule has 4 N–H and O–H groups in total. The number of nitrogens with zero attached hydrogens (tertiary/aromatic N) is 3. The molecule has 0 saturated heterocycles. The molecule has 2 aromatic heterocycles. The summed E-state index contributed by atoms with van der Waals surface area (Å²) in [4.78, 5) is 27.8. The summed E-state index contributed by atoms with van der Waals surface area (Å²) in [6.45, 7) is 1.94. The summed E-state index contributed by atoms with van der Waals surface area (Å²) in [6.07, 6.45) is 2.77. The van der Waals surface area contributed by atoms with Crippen LogP contribution in [0.1, 0.15) is 23.4 Å². The maximum Gasteiger partial charge on any atom is 0.306 e. The second kappa shape index (κ2) is 8.60. The Kier molecular flexibility index (Phi) is 5.56.